The summed E-state index contributed by atoms with van der Waals surface area (Å²) in [5.74, 6) is -1.73. The molecule has 1 rings (SSSR count). The molecule has 0 saturated carbocycles. The number of aliphatic carboxylic acids is 1. The van der Waals surface area contributed by atoms with E-state index in [0.717, 1.165) is 4.31 Å². The molecule has 0 atom stereocenters. The van der Waals surface area contributed by atoms with Crippen molar-refractivity contribution in [1.29, 1.82) is 0 Å². The number of carboxylic acid groups (broad SMARTS) is 1. The lowest BCUT2D eigenvalue weighted by atomic mass is 10.2. The Morgan fingerprint density at radius 2 is 1.80 bits per heavy atom. The van der Waals surface area contributed by atoms with E-state index in [-0.39, 0.29) is 17.9 Å². The first-order valence-electron chi connectivity index (χ1n) is 5.86. The highest BCUT2D eigenvalue weighted by atomic mass is 32.2. The van der Waals surface area contributed by atoms with Crippen LogP contribution in [0.3, 0.4) is 0 Å². The van der Waals surface area contributed by atoms with E-state index in [1.807, 2.05) is 0 Å². The van der Waals surface area contributed by atoms with Crippen LogP contribution in [0.5, 0.6) is 0 Å². The number of primary amides is 1. The fourth-order valence-electron chi connectivity index (χ4n) is 1.64. The lowest BCUT2D eigenvalue weighted by Gasteiger charge is -2.18. The molecule has 0 aromatic heterocycles. The molecule has 0 spiro atoms. The van der Waals surface area contributed by atoms with Gasteiger partial charge in [0.05, 0.1) is 17.9 Å². The first kappa shape index (κ1) is 16.1. The molecular formula is C12H16N2O5S. The van der Waals surface area contributed by atoms with Crippen LogP contribution in [0.4, 0.5) is 0 Å². The van der Waals surface area contributed by atoms with Crippen LogP contribution < -0.4 is 5.73 Å². The molecule has 0 fully saturated rings. The molecule has 0 aliphatic carbocycles. The minimum Gasteiger partial charge on any atom is -0.481 e. The predicted molar refractivity (Wildman–Crippen MR) is 71.4 cm³/mol. The summed E-state index contributed by atoms with van der Waals surface area (Å²) in [6.07, 6.45) is -0.181. The number of carbonyl (C=O) groups excluding carboxylic acids is 1. The van der Waals surface area contributed by atoms with Gasteiger partial charge in [0, 0.05) is 6.54 Å². The van der Waals surface area contributed by atoms with Gasteiger partial charge in [-0.15, -0.1) is 0 Å². The van der Waals surface area contributed by atoms with Crippen LogP contribution in [0.1, 0.15) is 12.5 Å². The Bertz CT molecular complexity index is 595. The lowest BCUT2D eigenvalue weighted by molar-refractivity contribution is -0.136. The van der Waals surface area contributed by atoms with Gasteiger partial charge in [-0.05, 0) is 17.7 Å². The largest absolute Gasteiger partial charge is 0.481 e. The normalized spacial score (nSPS) is 11.5. The number of hydrogen-bond donors (Lipinski definition) is 2. The van der Waals surface area contributed by atoms with Crippen LogP contribution in [0.2, 0.25) is 0 Å². The molecule has 8 heteroatoms. The average Bonchev–Trinajstić information content (AvgIpc) is 2.35. The van der Waals surface area contributed by atoms with Crippen LogP contribution in [0, 0.1) is 0 Å². The maximum atomic E-state index is 12.2. The summed E-state index contributed by atoms with van der Waals surface area (Å²) in [6, 6.07) is 5.49. The molecule has 20 heavy (non-hydrogen) atoms. The third-order valence-corrected chi connectivity index (χ3v) is 4.54. The summed E-state index contributed by atoms with van der Waals surface area (Å²) in [4.78, 5) is 21.4. The second-order valence-electron chi connectivity index (χ2n) is 4.11. The van der Waals surface area contributed by atoms with E-state index in [1.54, 1.807) is 6.92 Å². The van der Waals surface area contributed by atoms with Crippen LogP contribution in [-0.4, -0.2) is 42.8 Å². The molecule has 7 nitrogen and oxygen atoms in total. The molecule has 0 aliphatic rings. The summed E-state index contributed by atoms with van der Waals surface area (Å²) >= 11 is 0. The minimum atomic E-state index is -3.81. The van der Waals surface area contributed by atoms with Crippen molar-refractivity contribution in [2.24, 2.45) is 5.73 Å². The maximum absolute atomic E-state index is 12.2. The van der Waals surface area contributed by atoms with Gasteiger partial charge in [-0.25, -0.2) is 8.42 Å². The second-order valence-corrected chi connectivity index (χ2v) is 6.05. The van der Waals surface area contributed by atoms with E-state index in [4.69, 9.17) is 10.8 Å². The van der Waals surface area contributed by atoms with Gasteiger partial charge in [-0.3, -0.25) is 9.59 Å². The summed E-state index contributed by atoms with van der Waals surface area (Å²) < 4.78 is 25.4. The number of hydrogen-bond acceptors (Lipinski definition) is 4. The number of nitrogens with two attached hydrogens (primary N) is 1. The van der Waals surface area contributed by atoms with Crippen molar-refractivity contribution in [3.63, 3.8) is 0 Å². The monoisotopic (exact) mass is 300 g/mol. The zero-order chi connectivity index (χ0) is 15.3. The Hall–Kier alpha value is -1.93. The third kappa shape index (κ3) is 4.04. The van der Waals surface area contributed by atoms with Crippen molar-refractivity contribution >= 4 is 21.9 Å². The summed E-state index contributed by atoms with van der Waals surface area (Å²) in [5, 5.41) is 8.64. The summed E-state index contributed by atoms with van der Waals surface area (Å²) in [7, 11) is -3.81. The Morgan fingerprint density at radius 3 is 2.20 bits per heavy atom. The van der Waals surface area contributed by atoms with E-state index in [1.165, 1.54) is 24.3 Å². The highest BCUT2D eigenvalue weighted by Crippen LogP contribution is 2.16. The zero-order valence-electron chi connectivity index (χ0n) is 10.9. The van der Waals surface area contributed by atoms with Gasteiger partial charge in [0.15, 0.2) is 0 Å². The smallest absolute Gasteiger partial charge is 0.307 e. The average molecular weight is 300 g/mol. The van der Waals surface area contributed by atoms with Gasteiger partial charge in [-0.1, -0.05) is 19.1 Å². The second kappa shape index (κ2) is 6.49. The molecule has 0 heterocycles. The van der Waals surface area contributed by atoms with Crippen LogP contribution in [0.25, 0.3) is 0 Å². The van der Waals surface area contributed by atoms with Crippen LogP contribution >= 0.6 is 0 Å². The van der Waals surface area contributed by atoms with E-state index in [0.29, 0.717) is 5.56 Å². The fraction of sp³-hybridized carbons (Fsp3) is 0.333. The molecule has 0 aliphatic heterocycles. The predicted octanol–water partition coefficient (Wildman–Crippen LogP) is -0.190. The lowest BCUT2D eigenvalue weighted by Crippen LogP contribution is -2.38. The molecule has 0 bridgehead atoms. The van der Waals surface area contributed by atoms with E-state index >= 15 is 0 Å². The molecule has 3 N–H and O–H groups in total. The number of carboxylic acids is 1. The highest BCUT2D eigenvalue weighted by molar-refractivity contribution is 7.89. The summed E-state index contributed by atoms with van der Waals surface area (Å²) in [6.45, 7) is 1.32. The van der Waals surface area contributed by atoms with Gasteiger partial charge in [0.2, 0.25) is 15.9 Å². The zero-order valence-corrected chi connectivity index (χ0v) is 11.8. The van der Waals surface area contributed by atoms with Crippen LogP contribution in [0.15, 0.2) is 29.2 Å². The van der Waals surface area contributed by atoms with Crippen molar-refractivity contribution in [3.8, 4) is 0 Å². The van der Waals surface area contributed by atoms with Gasteiger partial charge in [-0.2, -0.15) is 4.31 Å². The Labute approximate surface area is 117 Å². The Balaban J connectivity index is 3.02. The fourth-order valence-corrected chi connectivity index (χ4v) is 3.06. The summed E-state index contributed by atoms with van der Waals surface area (Å²) in [5.41, 5.74) is 5.51. The number of carbonyl (C=O) groups is 2. The number of benzene rings is 1. The molecule has 1 aromatic rings. The number of nitrogens with zero attached hydrogens (tertiary/aromatic N) is 1. The van der Waals surface area contributed by atoms with Crippen molar-refractivity contribution in [2.45, 2.75) is 18.2 Å². The Kier molecular flexibility index (Phi) is 5.23. The molecule has 110 valence electrons. The molecule has 1 aromatic carbocycles. The molecule has 0 radical (unpaired) electrons. The first-order chi connectivity index (χ1) is 9.27. The van der Waals surface area contributed by atoms with Gasteiger partial charge < -0.3 is 10.8 Å². The van der Waals surface area contributed by atoms with E-state index in [2.05, 4.69) is 0 Å². The first-order valence-corrected chi connectivity index (χ1v) is 7.30. The molecule has 1 amide bonds. The molecule has 0 saturated heterocycles. The standard InChI is InChI=1S/C12H16N2O5S/c1-2-14(8-11(13)15)20(18,19)10-5-3-9(4-6-10)7-12(16)17/h3-6H,2,7-8H2,1H3,(H2,13,15)(H,16,17). The van der Waals surface area contributed by atoms with Crippen molar-refractivity contribution in [2.75, 3.05) is 13.1 Å². The quantitative estimate of drug-likeness (QED) is 0.723. The van der Waals surface area contributed by atoms with E-state index in [9.17, 15) is 18.0 Å². The maximum Gasteiger partial charge on any atom is 0.307 e. The van der Waals surface area contributed by atoms with E-state index < -0.39 is 28.4 Å². The van der Waals surface area contributed by atoms with Gasteiger partial charge in [0.25, 0.3) is 0 Å². The van der Waals surface area contributed by atoms with Crippen molar-refractivity contribution in [1.82, 2.24) is 4.31 Å². The number of amides is 1. The minimum absolute atomic E-state index is 0.00487. The van der Waals surface area contributed by atoms with Crippen molar-refractivity contribution in [3.05, 3.63) is 29.8 Å². The van der Waals surface area contributed by atoms with Crippen molar-refractivity contribution < 1.29 is 23.1 Å². The number of sulfonamides is 1. The highest BCUT2D eigenvalue weighted by Gasteiger charge is 2.24. The topological polar surface area (TPSA) is 118 Å². The third-order valence-electron chi connectivity index (χ3n) is 2.60. The number of likely N-dealkylation sites (N-methyl/N-ethyl adjacent to an activating group) is 1. The number of rotatable bonds is 7. The molecular weight excluding hydrogens is 284 g/mol. The van der Waals surface area contributed by atoms with Crippen LogP contribution in [-0.2, 0) is 26.0 Å². The van der Waals surface area contributed by atoms with Gasteiger partial charge in [0.1, 0.15) is 0 Å². The molecule has 0 unspecified atom stereocenters. The Morgan fingerprint density at radius 1 is 1.25 bits per heavy atom. The van der Waals surface area contributed by atoms with Gasteiger partial charge >= 0.3 is 5.97 Å². The SMILES string of the molecule is CCN(CC(N)=O)S(=O)(=O)c1ccc(CC(=O)O)cc1.